The molecule has 0 bridgehead atoms. The van der Waals surface area contributed by atoms with E-state index < -0.39 is 0 Å². The summed E-state index contributed by atoms with van der Waals surface area (Å²) in [6.07, 6.45) is 0. The van der Waals surface area contributed by atoms with E-state index in [1.807, 2.05) is 6.92 Å². The molecule has 1 aromatic rings. The summed E-state index contributed by atoms with van der Waals surface area (Å²) >= 11 is 0. The second-order valence-corrected chi connectivity index (χ2v) is 4.05. The van der Waals surface area contributed by atoms with Crippen LogP contribution in [-0.4, -0.2) is 47.9 Å². The van der Waals surface area contributed by atoms with Gasteiger partial charge < -0.3 is 20.3 Å². The van der Waals surface area contributed by atoms with Crippen molar-refractivity contribution < 1.29 is 9.47 Å². The number of nitrogens with two attached hydrogens (primary N) is 1. The van der Waals surface area contributed by atoms with E-state index in [0.717, 1.165) is 13.1 Å². The Bertz CT molecular complexity index is 397. The van der Waals surface area contributed by atoms with Crippen LogP contribution in [0, 0.1) is 0 Å². The predicted octanol–water partition coefficient (Wildman–Crippen LogP) is -0.0422. The Morgan fingerprint density at radius 2 is 2.11 bits per heavy atom. The number of ether oxygens (including phenoxy) is 2. The van der Waals surface area contributed by atoms with Gasteiger partial charge >= 0.3 is 0 Å². The lowest BCUT2D eigenvalue weighted by atomic mass is 10.4. The maximum atomic E-state index is 5.41. The van der Waals surface area contributed by atoms with Gasteiger partial charge in [0.05, 0.1) is 13.2 Å². The van der Waals surface area contributed by atoms with Crippen molar-refractivity contribution in [3.8, 4) is 0 Å². The number of hydrogen-bond acceptors (Lipinski definition) is 8. The molecule has 4 N–H and O–H groups in total. The summed E-state index contributed by atoms with van der Waals surface area (Å²) in [6, 6.07) is 1.75. The van der Waals surface area contributed by atoms with Crippen LogP contribution in [0.15, 0.2) is 6.07 Å². The number of morpholine rings is 1. The smallest absolute Gasteiger partial charge is 0.158 e. The van der Waals surface area contributed by atoms with Crippen molar-refractivity contribution in [2.45, 2.75) is 13.5 Å². The van der Waals surface area contributed by atoms with Crippen molar-refractivity contribution in [1.29, 1.82) is 0 Å². The van der Waals surface area contributed by atoms with Gasteiger partial charge in [-0.2, -0.15) is 0 Å². The minimum Gasteiger partial charge on any atom is -0.379 e. The number of rotatable bonds is 6. The van der Waals surface area contributed by atoms with E-state index in [-0.39, 0.29) is 0 Å². The first-order chi connectivity index (χ1) is 9.31. The quantitative estimate of drug-likeness (QED) is 0.488. The first kappa shape index (κ1) is 13.9. The highest BCUT2D eigenvalue weighted by Crippen LogP contribution is 2.12. The van der Waals surface area contributed by atoms with Gasteiger partial charge in [-0.1, -0.05) is 0 Å². The van der Waals surface area contributed by atoms with Gasteiger partial charge in [0.25, 0.3) is 0 Å². The van der Waals surface area contributed by atoms with Crippen molar-refractivity contribution in [1.82, 2.24) is 15.0 Å². The first-order valence-corrected chi connectivity index (χ1v) is 6.33. The van der Waals surface area contributed by atoms with Gasteiger partial charge in [-0.3, -0.25) is 0 Å². The van der Waals surface area contributed by atoms with Crippen LogP contribution in [0.1, 0.15) is 12.7 Å². The summed E-state index contributed by atoms with van der Waals surface area (Å²) < 4.78 is 10.6. The minimum absolute atomic E-state index is 0.365. The Hall–Kier alpha value is -1.48. The largest absolute Gasteiger partial charge is 0.379 e. The molecule has 19 heavy (non-hydrogen) atoms. The number of anilines is 2. The average molecular weight is 268 g/mol. The second-order valence-electron chi connectivity index (χ2n) is 4.05. The SMILES string of the molecule is CCOCc1nc(NN)cc(NN2CCOCC2)n1. The van der Waals surface area contributed by atoms with Gasteiger partial charge in [-0.25, -0.2) is 20.8 Å². The van der Waals surface area contributed by atoms with Crippen molar-refractivity contribution in [2.75, 3.05) is 43.8 Å². The molecule has 1 aromatic heterocycles. The highest BCUT2D eigenvalue weighted by molar-refractivity contribution is 5.46. The maximum absolute atomic E-state index is 5.41. The molecule has 0 radical (unpaired) electrons. The van der Waals surface area contributed by atoms with Crippen molar-refractivity contribution in [3.63, 3.8) is 0 Å². The number of nitrogens with one attached hydrogen (secondary N) is 2. The summed E-state index contributed by atoms with van der Waals surface area (Å²) in [5.74, 6) is 7.25. The van der Waals surface area contributed by atoms with Crippen LogP contribution in [0.25, 0.3) is 0 Å². The predicted molar refractivity (Wildman–Crippen MR) is 71.2 cm³/mol. The summed E-state index contributed by atoms with van der Waals surface area (Å²) in [4.78, 5) is 8.61. The Labute approximate surface area is 112 Å². The fourth-order valence-electron chi connectivity index (χ4n) is 1.72. The molecule has 0 aliphatic carbocycles. The molecule has 2 heterocycles. The molecule has 8 nitrogen and oxygen atoms in total. The van der Waals surface area contributed by atoms with E-state index in [2.05, 4.69) is 25.8 Å². The Kier molecular flexibility index (Phi) is 5.28. The molecule has 1 aliphatic rings. The number of nitrogens with zero attached hydrogens (tertiary/aromatic N) is 3. The molecular formula is C11H20N6O2. The molecule has 0 atom stereocenters. The highest BCUT2D eigenvalue weighted by Gasteiger charge is 2.12. The van der Waals surface area contributed by atoms with Gasteiger partial charge in [0.2, 0.25) is 0 Å². The number of hydrazine groups is 2. The van der Waals surface area contributed by atoms with Gasteiger partial charge in [0.15, 0.2) is 5.82 Å². The molecule has 1 aliphatic heterocycles. The van der Waals surface area contributed by atoms with Gasteiger partial charge in [0.1, 0.15) is 18.2 Å². The van der Waals surface area contributed by atoms with E-state index in [4.69, 9.17) is 15.3 Å². The van der Waals surface area contributed by atoms with Crippen molar-refractivity contribution in [2.24, 2.45) is 5.84 Å². The molecule has 8 heteroatoms. The van der Waals surface area contributed by atoms with Crippen LogP contribution < -0.4 is 16.7 Å². The Morgan fingerprint density at radius 1 is 1.37 bits per heavy atom. The van der Waals surface area contributed by atoms with Crippen molar-refractivity contribution in [3.05, 3.63) is 11.9 Å². The van der Waals surface area contributed by atoms with Gasteiger partial charge in [-0.15, -0.1) is 0 Å². The number of aromatic nitrogens is 2. The zero-order valence-corrected chi connectivity index (χ0v) is 11.1. The molecule has 1 fully saturated rings. The van der Waals surface area contributed by atoms with E-state index in [9.17, 15) is 0 Å². The lowest BCUT2D eigenvalue weighted by Gasteiger charge is -2.27. The normalized spacial score (nSPS) is 16.3. The highest BCUT2D eigenvalue weighted by atomic mass is 16.5. The van der Waals surface area contributed by atoms with Crippen LogP contribution in [0.3, 0.4) is 0 Å². The minimum atomic E-state index is 0.365. The molecule has 0 saturated carbocycles. The zero-order valence-electron chi connectivity index (χ0n) is 11.1. The van der Waals surface area contributed by atoms with E-state index in [1.165, 1.54) is 0 Å². The third-order valence-corrected chi connectivity index (χ3v) is 2.64. The van der Waals surface area contributed by atoms with E-state index >= 15 is 0 Å². The maximum Gasteiger partial charge on any atom is 0.158 e. The zero-order chi connectivity index (χ0) is 13.5. The molecule has 0 spiro atoms. The van der Waals surface area contributed by atoms with E-state index in [0.29, 0.717) is 43.9 Å². The average Bonchev–Trinajstić information content (AvgIpc) is 2.46. The molecule has 2 rings (SSSR count). The van der Waals surface area contributed by atoms with Gasteiger partial charge in [0, 0.05) is 25.8 Å². The summed E-state index contributed by atoms with van der Waals surface area (Å²) in [5.41, 5.74) is 5.76. The summed E-state index contributed by atoms with van der Waals surface area (Å²) in [7, 11) is 0. The monoisotopic (exact) mass is 268 g/mol. The topological polar surface area (TPSA) is 97.6 Å². The standard InChI is InChI=1S/C11H20N6O2/c1-2-18-8-11-13-9(15-12)7-10(14-11)16-17-3-5-19-6-4-17/h7H,2-6,8,12H2,1H3,(H2,13,14,15,16). The Balaban J connectivity index is 2.04. The second kappa shape index (κ2) is 7.19. The molecule has 0 unspecified atom stereocenters. The molecule has 1 saturated heterocycles. The van der Waals surface area contributed by atoms with Crippen LogP contribution in [-0.2, 0) is 16.1 Å². The van der Waals surface area contributed by atoms with Crippen LogP contribution in [0.2, 0.25) is 0 Å². The molecule has 0 aromatic carbocycles. The van der Waals surface area contributed by atoms with Crippen LogP contribution in [0.5, 0.6) is 0 Å². The van der Waals surface area contributed by atoms with E-state index in [1.54, 1.807) is 6.07 Å². The Morgan fingerprint density at radius 3 is 2.79 bits per heavy atom. The summed E-state index contributed by atoms with van der Waals surface area (Å²) in [5, 5.41) is 2.05. The summed E-state index contributed by atoms with van der Waals surface area (Å²) in [6.45, 7) is 5.97. The van der Waals surface area contributed by atoms with Gasteiger partial charge in [-0.05, 0) is 6.92 Å². The van der Waals surface area contributed by atoms with Crippen LogP contribution in [0.4, 0.5) is 11.6 Å². The lowest BCUT2D eigenvalue weighted by molar-refractivity contribution is 0.0494. The number of hydrogen-bond donors (Lipinski definition) is 3. The fourth-order valence-corrected chi connectivity index (χ4v) is 1.72. The van der Waals surface area contributed by atoms with Crippen molar-refractivity contribution >= 4 is 11.6 Å². The third kappa shape index (κ3) is 4.28. The first-order valence-electron chi connectivity index (χ1n) is 6.33. The lowest BCUT2D eigenvalue weighted by Crippen LogP contribution is -2.40. The molecular weight excluding hydrogens is 248 g/mol. The molecule has 106 valence electrons. The fraction of sp³-hybridized carbons (Fsp3) is 0.636. The third-order valence-electron chi connectivity index (χ3n) is 2.64. The van der Waals surface area contributed by atoms with Crippen LogP contribution >= 0.6 is 0 Å². The molecule has 0 amide bonds. The number of nitrogen functional groups attached to an aromatic ring is 1.